The molecule has 4 nitrogen and oxygen atoms in total. The van der Waals surface area contributed by atoms with Crippen molar-refractivity contribution >= 4 is 6.03 Å². The number of carbonyl (C=O) groups is 1. The molecule has 1 aromatic rings. The highest BCUT2D eigenvalue weighted by Crippen LogP contribution is 2.30. The minimum atomic E-state index is -0.00554. The van der Waals surface area contributed by atoms with E-state index in [1.165, 1.54) is 11.1 Å². The van der Waals surface area contributed by atoms with Gasteiger partial charge in [0.2, 0.25) is 0 Å². The molecule has 1 aromatic carbocycles. The Morgan fingerprint density at radius 2 is 1.91 bits per heavy atom. The number of rotatable bonds is 4. The van der Waals surface area contributed by atoms with Crippen LogP contribution in [0.2, 0.25) is 0 Å². The Morgan fingerprint density at radius 3 is 2.65 bits per heavy atom. The van der Waals surface area contributed by atoms with Gasteiger partial charge in [0.1, 0.15) is 0 Å². The third-order valence-electron chi connectivity index (χ3n) is 4.98. The summed E-state index contributed by atoms with van der Waals surface area (Å²) in [7, 11) is 0. The van der Waals surface area contributed by atoms with Gasteiger partial charge in [-0.25, -0.2) is 4.79 Å². The van der Waals surface area contributed by atoms with Crippen LogP contribution in [-0.2, 0) is 6.42 Å². The maximum atomic E-state index is 12.3. The molecular formula is C19H29N3O. The number of hydrogen-bond acceptors (Lipinski definition) is 2. The van der Waals surface area contributed by atoms with E-state index >= 15 is 0 Å². The second-order valence-electron chi connectivity index (χ2n) is 7.38. The van der Waals surface area contributed by atoms with Gasteiger partial charge in [-0.15, -0.1) is 0 Å². The van der Waals surface area contributed by atoms with E-state index in [-0.39, 0.29) is 12.1 Å². The number of piperidine rings is 1. The lowest BCUT2D eigenvalue weighted by Gasteiger charge is -2.33. The van der Waals surface area contributed by atoms with Crippen molar-refractivity contribution in [2.75, 3.05) is 19.6 Å². The Bertz CT molecular complexity index is 535. The van der Waals surface area contributed by atoms with Crippen molar-refractivity contribution in [3.05, 3.63) is 35.4 Å². The first-order valence-electron chi connectivity index (χ1n) is 8.99. The van der Waals surface area contributed by atoms with Crippen molar-refractivity contribution < 1.29 is 4.79 Å². The topological polar surface area (TPSA) is 44.4 Å². The summed E-state index contributed by atoms with van der Waals surface area (Å²) in [5.74, 6) is 0.713. The van der Waals surface area contributed by atoms with E-state index in [0.717, 1.165) is 45.3 Å². The van der Waals surface area contributed by atoms with E-state index < -0.39 is 0 Å². The molecule has 1 aliphatic carbocycles. The summed E-state index contributed by atoms with van der Waals surface area (Å²) in [6.45, 7) is 7.87. The Hall–Kier alpha value is -1.55. The molecule has 0 saturated carbocycles. The minimum Gasteiger partial charge on any atom is -0.335 e. The smallest absolute Gasteiger partial charge is 0.315 e. The summed E-state index contributed by atoms with van der Waals surface area (Å²) in [6.07, 6.45) is 4.19. The van der Waals surface area contributed by atoms with Crippen LogP contribution in [0.1, 0.15) is 50.3 Å². The van der Waals surface area contributed by atoms with Crippen LogP contribution in [0.5, 0.6) is 0 Å². The van der Waals surface area contributed by atoms with E-state index in [9.17, 15) is 4.79 Å². The molecule has 1 unspecified atom stereocenters. The number of carbonyl (C=O) groups excluding carboxylic acids is 1. The number of likely N-dealkylation sites (tertiary alicyclic amines) is 1. The summed E-state index contributed by atoms with van der Waals surface area (Å²) >= 11 is 0. The standard InChI is InChI=1S/C19H29N3O/c1-14(2)13-22-11-9-16(10-12-22)20-19(23)21-18-8-7-15-5-3-4-6-17(15)18/h3-6,14,16,18H,7-13H2,1-2H3,(H2,20,21,23). The molecule has 3 rings (SSSR count). The highest BCUT2D eigenvalue weighted by atomic mass is 16.2. The van der Waals surface area contributed by atoms with E-state index in [1.807, 2.05) is 0 Å². The number of aryl methyl sites for hydroxylation is 1. The van der Waals surface area contributed by atoms with Crippen LogP contribution in [0, 0.1) is 5.92 Å². The van der Waals surface area contributed by atoms with Gasteiger partial charge in [-0.2, -0.15) is 0 Å². The molecule has 0 bridgehead atoms. The molecular weight excluding hydrogens is 286 g/mol. The first kappa shape index (κ1) is 16.3. The molecule has 1 saturated heterocycles. The van der Waals surface area contributed by atoms with Crippen LogP contribution in [0.25, 0.3) is 0 Å². The number of nitrogens with zero attached hydrogens (tertiary/aromatic N) is 1. The molecule has 2 amide bonds. The summed E-state index contributed by atoms with van der Waals surface area (Å²) < 4.78 is 0. The fraction of sp³-hybridized carbons (Fsp3) is 0.632. The van der Waals surface area contributed by atoms with E-state index in [4.69, 9.17) is 0 Å². The van der Waals surface area contributed by atoms with Gasteiger partial charge < -0.3 is 15.5 Å². The van der Waals surface area contributed by atoms with Crippen molar-refractivity contribution in [2.24, 2.45) is 5.92 Å². The third kappa shape index (κ3) is 4.25. The Morgan fingerprint density at radius 1 is 1.17 bits per heavy atom. The molecule has 126 valence electrons. The van der Waals surface area contributed by atoms with Gasteiger partial charge in [-0.3, -0.25) is 0 Å². The molecule has 0 radical (unpaired) electrons. The van der Waals surface area contributed by atoms with Gasteiger partial charge in [0.25, 0.3) is 0 Å². The zero-order valence-electron chi connectivity index (χ0n) is 14.3. The summed E-state index contributed by atoms with van der Waals surface area (Å²) in [6, 6.07) is 8.92. The Labute approximate surface area is 139 Å². The lowest BCUT2D eigenvalue weighted by Crippen LogP contribution is -2.48. The number of fused-ring (bicyclic) bond motifs is 1. The SMILES string of the molecule is CC(C)CN1CCC(NC(=O)NC2CCc3ccccc32)CC1. The fourth-order valence-electron chi connectivity index (χ4n) is 3.87. The first-order valence-corrected chi connectivity index (χ1v) is 8.99. The lowest BCUT2D eigenvalue weighted by atomic mass is 10.0. The summed E-state index contributed by atoms with van der Waals surface area (Å²) in [4.78, 5) is 14.8. The van der Waals surface area contributed by atoms with Gasteiger partial charge in [0.15, 0.2) is 0 Å². The average molecular weight is 315 g/mol. The molecule has 23 heavy (non-hydrogen) atoms. The molecule has 1 heterocycles. The van der Waals surface area contributed by atoms with Gasteiger partial charge in [0.05, 0.1) is 6.04 Å². The van der Waals surface area contributed by atoms with E-state index in [2.05, 4.69) is 53.6 Å². The predicted molar refractivity (Wildman–Crippen MR) is 93.5 cm³/mol. The number of benzene rings is 1. The molecule has 1 atom stereocenters. The number of amides is 2. The lowest BCUT2D eigenvalue weighted by molar-refractivity contribution is 0.177. The molecule has 2 aliphatic rings. The minimum absolute atomic E-state index is 0.00554. The van der Waals surface area contributed by atoms with Crippen LogP contribution < -0.4 is 10.6 Å². The molecule has 1 aliphatic heterocycles. The molecule has 4 heteroatoms. The largest absolute Gasteiger partial charge is 0.335 e. The Balaban J connectivity index is 1.44. The van der Waals surface area contributed by atoms with Gasteiger partial charge in [-0.1, -0.05) is 38.1 Å². The fourth-order valence-corrected chi connectivity index (χ4v) is 3.87. The quantitative estimate of drug-likeness (QED) is 0.897. The predicted octanol–water partition coefficient (Wildman–Crippen LogP) is 3.09. The van der Waals surface area contributed by atoms with Crippen LogP contribution in [0.15, 0.2) is 24.3 Å². The third-order valence-corrected chi connectivity index (χ3v) is 4.98. The van der Waals surface area contributed by atoms with E-state index in [0.29, 0.717) is 12.0 Å². The number of urea groups is 1. The zero-order valence-corrected chi connectivity index (χ0v) is 14.3. The molecule has 0 spiro atoms. The molecule has 2 N–H and O–H groups in total. The van der Waals surface area contributed by atoms with Crippen LogP contribution in [-0.4, -0.2) is 36.6 Å². The van der Waals surface area contributed by atoms with Gasteiger partial charge in [-0.05, 0) is 42.7 Å². The molecule has 0 aromatic heterocycles. The number of nitrogens with one attached hydrogen (secondary N) is 2. The average Bonchev–Trinajstić information content (AvgIpc) is 2.92. The first-order chi connectivity index (χ1) is 11.1. The van der Waals surface area contributed by atoms with Gasteiger partial charge >= 0.3 is 6.03 Å². The second kappa shape index (κ2) is 7.35. The van der Waals surface area contributed by atoms with E-state index in [1.54, 1.807) is 0 Å². The maximum Gasteiger partial charge on any atom is 0.315 e. The van der Waals surface area contributed by atoms with Crippen molar-refractivity contribution in [3.8, 4) is 0 Å². The normalized spacial score (nSPS) is 22.1. The van der Waals surface area contributed by atoms with Crippen LogP contribution >= 0.6 is 0 Å². The highest BCUT2D eigenvalue weighted by molar-refractivity contribution is 5.75. The van der Waals surface area contributed by atoms with Gasteiger partial charge in [0, 0.05) is 25.7 Å². The van der Waals surface area contributed by atoms with Crippen molar-refractivity contribution in [1.82, 2.24) is 15.5 Å². The monoisotopic (exact) mass is 315 g/mol. The Kier molecular flexibility index (Phi) is 5.21. The molecule has 1 fully saturated rings. The van der Waals surface area contributed by atoms with Crippen molar-refractivity contribution in [3.63, 3.8) is 0 Å². The van der Waals surface area contributed by atoms with Crippen LogP contribution in [0.4, 0.5) is 4.79 Å². The second-order valence-corrected chi connectivity index (χ2v) is 7.38. The maximum absolute atomic E-state index is 12.3. The summed E-state index contributed by atoms with van der Waals surface area (Å²) in [5.41, 5.74) is 2.66. The zero-order chi connectivity index (χ0) is 16.2. The number of hydrogen-bond donors (Lipinski definition) is 2. The van der Waals surface area contributed by atoms with Crippen molar-refractivity contribution in [1.29, 1.82) is 0 Å². The van der Waals surface area contributed by atoms with Crippen LogP contribution in [0.3, 0.4) is 0 Å². The summed E-state index contributed by atoms with van der Waals surface area (Å²) in [5, 5.41) is 6.34. The highest BCUT2D eigenvalue weighted by Gasteiger charge is 2.25. The van der Waals surface area contributed by atoms with Crippen molar-refractivity contribution in [2.45, 2.75) is 51.6 Å².